The van der Waals surface area contributed by atoms with Crippen LogP contribution in [-0.2, 0) is 4.74 Å². The van der Waals surface area contributed by atoms with E-state index in [1.807, 2.05) is 0 Å². The van der Waals surface area contributed by atoms with Gasteiger partial charge in [-0.2, -0.15) is 0 Å². The minimum absolute atomic E-state index is 0.345. The average Bonchev–Trinajstić information content (AvgIpc) is 2.77. The van der Waals surface area contributed by atoms with Gasteiger partial charge < -0.3 is 9.64 Å². The Hall–Kier alpha value is -0.410. The predicted octanol–water partition coefficient (Wildman–Crippen LogP) is 3.71. The van der Waals surface area contributed by atoms with Crippen LogP contribution >= 0.6 is 0 Å². The summed E-state index contributed by atoms with van der Waals surface area (Å²) >= 11 is 0. The van der Waals surface area contributed by atoms with Crippen molar-refractivity contribution in [2.75, 3.05) is 19.6 Å². The molecular formula is C16H28FNO. The number of halogens is 1. The van der Waals surface area contributed by atoms with Crippen molar-refractivity contribution < 1.29 is 9.13 Å². The highest BCUT2D eigenvalue weighted by Crippen LogP contribution is 2.25. The first-order valence-corrected chi connectivity index (χ1v) is 7.78. The van der Waals surface area contributed by atoms with Gasteiger partial charge in [0.2, 0.25) is 0 Å². The zero-order valence-corrected chi connectivity index (χ0v) is 12.4. The van der Waals surface area contributed by atoms with E-state index in [4.69, 9.17) is 4.74 Å². The van der Waals surface area contributed by atoms with E-state index < -0.39 is 5.67 Å². The van der Waals surface area contributed by atoms with E-state index in [1.54, 1.807) is 6.92 Å². The van der Waals surface area contributed by atoms with Gasteiger partial charge in [-0.3, -0.25) is 0 Å². The minimum Gasteiger partial charge on any atom is -0.371 e. The van der Waals surface area contributed by atoms with Crippen molar-refractivity contribution in [3.05, 3.63) is 12.2 Å². The van der Waals surface area contributed by atoms with Crippen molar-refractivity contribution in [2.45, 2.75) is 70.2 Å². The van der Waals surface area contributed by atoms with E-state index >= 15 is 0 Å². The van der Waals surface area contributed by atoms with Crippen LogP contribution in [-0.4, -0.2) is 42.4 Å². The summed E-state index contributed by atoms with van der Waals surface area (Å²) in [6.45, 7) is 6.81. The molecule has 110 valence electrons. The van der Waals surface area contributed by atoms with Crippen molar-refractivity contribution in [1.82, 2.24) is 4.90 Å². The first-order chi connectivity index (χ1) is 9.05. The molecule has 0 aliphatic carbocycles. The second kappa shape index (κ2) is 6.85. The maximum Gasteiger partial charge on any atom is 0.110 e. The smallest absolute Gasteiger partial charge is 0.110 e. The van der Waals surface area contributed by atoms with E-state index in [2.05, 4.69) is 24.0 Å². The van der Waals surface area contributed by atoms with E-state index in [9.17, 15) is 4.39 Å². The first-order valence-electron chi connectivity index (χ1n) is 7.78. The van der Waals surface area contributed by atoms with E-state index in [0.717, 1.165) is 26.1 Å². The van der Waals surface area contributed by atoms with Crippen LogP contribution in [0.15, 0.2) is 12.2 Å². The number of ether oxygens (including phenoxy) is 1. The molecule has 0 saturated carbocycles. The lowest BCUT2D eigenvalue weighted by molar-refractivity contribution is 0.0736. The van der Waals surface area contributed by atoms with Gasteiger partial charge in [-0.05, 0) is 58.9 Å². The first kappa shape index (κ1) is 15.0. The molecule has 2 nitrogen and oxygen atoms in total. The molecule has 0 aromatic heterocycles. The second-order valence-corrected chi connectivity index (χ2v) is 6.39. The van der Waals surface area contributed by atoms with Crippen molar-refractivity contribution in [3.8, 4) is 0 Å². The highest BCUT2D eigenvalue weighted by molar-refractivity contribution is 4.93. The van der Waals surface area contributed by atoms with Gasteiger partial charge in [-0.25, -0.2) is 4.39 Å². The monoisotopic (exact) mass is 269 g/mol. The van der Waals surface area contributed by atoms with E-state index in [-0.39, 0.29) is 0 Å². The van der Waals surface area contributed by atoms with Crippen LogP contribution in [0.2, 0.25) is 0 Å². The summed E-state index contributed by atoms with van der Waals surface area (Å²) in [5.74, 6) is 0. The van der Waals surface area contributed by atoms with Gasteiger partial charge in [0.1, 0.15) is 5.67 Å². The molecule has 0 bridgehead atoms. The summed E-state index contributed by atoms with van der Waals surface area (Å²) in [6.07, 6.45) is 11.3. The Bertz CT molecular complexity index is 293. The number of likely N-dealkylation sites (tertiary alicyclic amines) is 1. The molecule has 0 spiro atoms. The molecule has 2 saturated heterocycles. The average molecular weight is 269 g/mol. The Balaban J connectivity index is 1.54. The Morgan fingerprint density at radius 3 is 2.68 bits per heavy atom. The van der Waals surface area contributed by atoms with Crippen molar-refractivity contribution in [1.29, 1.82) is 0 Å². The van der Waals surface area contributed by atoms with Crippen LogP contribution in [0.5, 0.6) is 0 Å². The summed E-state index contributed by atoms with van der Waals surface area (Å²) in [6, 6.07) is 0. The van der Waals surface area contributed by atoms with Crippen molar-refractivity contribution in [3.63, 3.8) is 0 Å². The number of alkyl halides is 1. The summed E-state index contributed by atoms with van der Waals surface area (Å²) in [7, 11) is 0. The number of rotatable bonds is 5. The molecule has 2 rings (SSSR count). The van der Waals surface area contributed by atoms with Gasteiger partial charge in [0.25, 0.3) is 0 Å². The molecular weight excluding hydrogens is 241 g/mol. The van der Waals surface area contributed by atoms with Crippen LogP contribution < -0.4 is 0 Å². The molecule has 0 aromatic rings. The molecule has 2 aliphatic heterocycles. The Labute approximate surface area is 117 Å². The van der Waals surface area contributed by atoms with Crippen LogP contribution in [0.25, 0.3) is 0 Å². The number of hydrogen-bond acceptors (Lipinski definition) is 2. The third-order valence-corrected chi connectivity index (χ3v) is 4.36. The largest absolute Gasteiger partial charge is 0.371 e. The fraction of sp³-hybridized carbons (Fsp3) is 0.875. The maximum atomic E-state index is 13.6. The van der Waals surface area contributed by atoms with Gasteiger partial charge in [-0.1, -0.05) is 12.2 Å². The third-order valence-electron chi connectivity index (χ3n) is 4.36. The van der Waals surface area contributed by atoms with E-state index in [1.165, 1.54) is 19.3 Å². The number of piperidine rings is 1. The lowest BCUT2D eigenvalue weighted by Gasteiger charge is -2.34. The highest BCUT2D eigenvalue weighted by atomic mass is 19.1. The van der Waals surface area contributed by atoms with Crippen LogP contribution in [0.4, 0.5) is 4.39 Å². The maximum absolute atomic E-state index is 13.6. The zero-order valence-electron chi connectivity index (χ0n) is 12.4. The Morgan fingerprint density at radius 1 is 1.32 bits per heavy atom. The van der Waals surface area contributed by atoms with Crippen molar-refractivity contribution >= 4 is 0 Å². The van der Waals surface area contributed by atoms with Crippen LogP contribution in [0, 0.1) is 0 Å². The summed E-state index contributed by atoms with van der Waals surface area (Å²) < 4.78 is 19.4. The highest BCUT2D eigenvalue weighted by Gasteiger charge is 2.28. The molecule has 2 fully saturated rings. The van der Waals surface area contributed by atoms with Gasteiger partial charge in [0.15, 0.2) is 0 Å². The number of nitrogens with zero attached hydrogens (tertiary/aromatic N) is 1. The van der Waals surface area contributed by atoms with Gasteiger partial charge in [0.05, 0.1) is 12.2 Å². The van der Waals surface area contributed by atoms with Crippen LogP contribution in [0.1, 0.15) is 52.4 Å². The fourth-order valence-electron chi connectivity index (χ4n) is 2.90. The number of hydrogen-bond donors (Lipinski definition) is 0. The summed E-state index contributed by atoms with van der Waals surface area (Å²) in [4.78, 5) is 2.39. The van der Waals surface area contributed by atoms with Gasteiger partial charge >= 0.3 is 0 Å². The second-order valence-electron chi connectivity index (χ2n) is 6.39. The molecule has 0 amide bonds. The molecule has 2 unspecified atom stereocenters. The van der Waals surface area contributed by atoms with E-state index in [0.29, 0.717) is 25.0 Å². The zero-order chi connectivity index (χ0) is 13.7. The molecule has 2 atom stereocenters. The lowest BCUT2D eigenvalue weighted by Crippen LogP contribution is -2.40. The van der Waals surface area contributed by atoms with Gasteiger partial charge in [-0.15, -0.1) is 0 Å². The fourth-order valence-corrected chi connectivity index (χ4v) is 2.90. The molecule has 2 aliphatic rings. The minimum atomic E-state index is -0.924. The summed E-state index contributed by atoms with van der Waals surface area (Å²) in [5, 5.41) is 0. The van der Waals surface area contributed by atoms with Gasteiger partial charge in [0, 0.05) is 13.1 Å². The van der Waals surface area contributed by atoms with Crippen LogP contribution in [0.3, 0.4) is 0 Å². The number of allylic oxidation sites excluding steroid dienone is 1. The molecule has 3 heteroatoms. The number of unbranched alkanes of at least 4 members (excludes halogenated alkanes) is 1. The molecule has 0 aromatic carbocycles. The normalized spacial score (nSPS) is 32.2. The van der Waals surface area contributed by atoms with Crippen molar-refractivity contribution in [2.24, 2.45) is 0 Å². The predicted molar refractivity (Wildman–Crippen MR) is 77.1 cm³/mol. The SMILES string of the molecule is CC1CCC(/C=C/CCCN2CCC(C)(F)CC2)O1. The third kappa shape index (κ3) is 5.23. The molecule has 0 N–H and O–H groups in total. The Kier molecular flexibility index (Phi) is 5.40. The molecule has 0 radical (unpaired) electrons. The molecule has 2 heterocycles. The Morgan fingerprint density at radius 2 is 2.05 bits per heavy atom. The topological polar surface area (TPSA) is 12.5 Å². The molecule has 19 heavy (non-hydrogen) atoms. The summed E-state index contributed by atoms with van der Waals surface area (Å²) in [5.41, 5.74) is -0.924. The quantitative estimate of drug-likeness (QED) is 0.557. The lowest BCUT2D eigenvalue weighted by atomic mass is 9.95. The standard InChI is InChI=1S/C16H28FNO/c1-14-7-8-15(19-14)6-4-3-5-11-18-12-9-16(2,17)10-13-18/h4,6,14-15H,3,5,7-13H2,1-2H3/b6-4+.